The highest BCUT2D eigenvalue weighted by Gasteiger charge is 2.48. The molecule has 1 aliphatic heterocycles. The number of nitrogens with one attached hydrogen (secondary N) is 1. The van der Waals surface area contributed by atoms with Crippen LogP contribution in [0.5, 0.6) is 0 Å². The third-order valence-electron chi connectivity index (χ3n) is 2.28. The van der Waals surface area contributed by atoms with Gasteiger partial charge in [0.15, 0.2) is 5.72 Å². The standard InChI is InChI=1S/C8H15NO6/c1-4(11)9-8(14)3-15-5(2-10)6(12)7(8)13/h5-7,10,12-14H,2-3H2,1H3,(H,9,11)/t5-,6+,7+,8+/m1/s1. The van der Waals surface area contributed by atoms with E-state index in [2.05, 4.69) is 5.32 Å². The van der Waals surface area contributed by atoms with Crippen LogP contribution in [0, 0.1) is 0 Å². The Labute approximate surface area is 86.3 Å². The summed E-state index contributed by atoms with van der Waals surface area (Å²) in [7, 11) is 0. The number of hydrogen-bond acceptors (Lipinski definition) is 6. The zero-order valence-corrected chi connectivity index (χ0v) is 8.25. The van der Waals surface area contributed by atoms with Crippen molar-refractivity contribution in [1.29, 1.82) is 0 Å². The molecule has 0 aromatic rings. The van der Waals surface area contributed by atoms with Crippen LogP contribution in [-0.2, 0) is 9.53 Å². The Bertz CT molecular complexity index is 247. The van der Waals surface area contributed by atoms with Gasteiger partial charge in [-0.3, -0.25) is 4.79 Å². The van der Waals surface area contributed by atoms with Gasteiger partial charge >= 0.3 is 0 Å². The van der Waals surface area contributed by atoms with Crippen molar-refractivity contribution in [3.63, 3.8) is 0 Å². The summed E-state index contributed by atoms with van der Waals surface area (Å²) in [5, 5.41) is 39.6. The number of amides is 1. The quantitative estimate of drug-likeness (QED) is 0.316. The highest BCUT2D eigenvalue weighted by Crippen LogP contribution is 2.22. The summed E-state index contributed by atoms with van der Waals surface area (Å²) in [4.78, 5) is 10.8. The van der Waals surface area contributed by atoms with Crippen LogP contribution in [0.15, 0.2) is 0 Å². The van der Waals surface area contributed by atoms with Gasteiger partial charge in [-0.15, -0.1) is 0 Å². The van der Waals surface area contributed by atoms with Gasteiger partial charge in [0.05, 0.1) is 13.2 Å². The van der Waals surface area contributed by atoms with E-state index in [0.717, 1.165) is 6.92 Å². The maximum Gasteiger partial charge on any atom is 0.219 e. The second-order valence-electron chi connectivity index (χ2n) is 3.57. The molecule has 0 spiro atoms. The molecule has 1 aliphatic rings. The van der Waals surface area contributed by atoms with Crippen molar-refractivity contribution in [2.45, 2.75) is 31.0 Å². The third-order valence-corrected chi connectivity index (χ3v) is 2.28. The van der Waals surface area contributed by atoms with Gasteiger partial charge in [0.25, 0.3) is 0 Å². The van der Waals surface area contributed by atoms with Crippen molar-refractivity contribution < 1.29 is 30.0 Å². The van der Waals surface area contributed by atoms with Crippen molar-refractivity contribution >= 4 is 5.91 Å². The number of carbonyl (C=O) groups excluding carboxylic acids is 1. The molecule has 0 aliphatic carbocycles. The van der Waals surface area contributed by atoms with Crippen molar-refractivity contribution in [3.05, 3.63) is 0 Å². The van der Waals surface area contributed by atoms with Gasteiger partial charge in [0.1, 0.15) is 18.3 Å². The minimum absolute atomic E-state index is 0.393. The average molecular weight is 221 g/mol. The molecule has 0 aromatic carbocycles. The molecule has 5 N–H and O–H groups in total. The van der Waals surface area contributed by atoms with Crippen molar-refractivity contribution in [2.24, 2.45) is 0 Å². The molecule has 15 heavy (non-hydrogen) atoms. The minimum atomic E-state index is -2.02. The van der Waals surface area contributed by atoms with E-state index in [1.54, 1.807) is 0 Å². The molecule has 1 amide bonds. The lowest BCUT2D eigenvalue weighted by Gasteiger charge is -2.42. The molecule has 1 rings (SSSR count). The van der Waals surface area contributed by atoms with E-state index in [4.69, 9.17) is 9.84 Å². The van der Waals surface area contributed by atoms with E-state index in [1.165, 1.54) is 0 Å². The highest BCUT2D eigenvalue weighted by atomic mass is 16.5. The molecule has 7 nitrogen and oxygen atoms in total. The summed E-state index contributed by atoms with van der Waals surface area (Å²) in [5.41, 5.74) is -2.02. The van der Waals surface area contributed by atoms with E-state index < -0.39 is 43.2 Å². The normalized spacial score (nSPS) is 41.3. The third kappa shape index (κ3) is 2.44. The van der Waals surface area contributed by atoms with E-state index in [1.807, 2.05) is 0 Å². The molecule has 0 saturated carbocycles. The molecule has 1 heterocycles. The lowest BCUT2D eigenvalue weighted by molar-refractivity contribution is -0.249. The number of hydrogen-bond donors (Lipinski definition) is 5. The maximum atomic E-state index is 10.8. The lowest BCUT2D eigenvalue weighted by Crippen LogP contribution is -2.69. The van der Waals surface area contributed by atoms with Crippen molar-refractivity contribution in [1.82, 2.24) is 5.32 Å². The topological polar surface area (TPSA) is 119 Å². The molecule has 1 saturated heterocycles. The van der Waals surface area contributed by atoms with Gasteiger partial charge in [0, 0.05) is 6.92 Å². The van der Waals surface area contributed by atoms with Gasteiger partial charge in [0.2, 0.25) is 5.91 Å². The van der Waals surface area contributed by atoms with Crippen molar-refractivity contribution in [3.8, 4) is 0 Å². The van der Waals surface area contributed by atoms with Crippen LogP contribution in [0.3, 0.4) is 0 Å². The van der Waals surface area contributed by atoms with E-state index in [0.29, 0.717) is 0 Å². The molecule has 0 aromatic heterocycles. The SMILES string of the molecule is CC(=O)N[C@]1(O)CO[C@H](CO)[C@H](O)[C@@H]1O. The average Bonchev–Trinajstić information content (AvgIpc) is 2.14. The fraction of sp³-hybridized carbons (Fsp3) is 0.875. The second kappa shape index (κ2) is 4.42. The molecule has 1 fully saturated rings. The first-order chi connectivity index (χ1) is 6.90. The molecular weight excluding hydrogens is 206 g/mol. The van der Waals surface area contributed by atoms with Crippen LogP contribution >= 0.6 is 0 Å². The summed E-state index contributed by atoms with van der Waals surface area (Å²) in [6.07, 6.45) is -4.03. The van der Waals surface area contributed by atoms with Gasteiger partial charge in [-0.05, 0) is 0 Å². The summed E-state index contributed by atoms with van der Waals surface area (Å²) in [6.45, 7) is 0.291. The molecule has 0 unspecified atom stereocenters. The van der Waals surface area contributed by atoms with Crippen LogP contribution in [0.25, 0.3) is 0 Å². The predicted octanol–water partition coefficient (Wildman–Crippen LogP) is -3.08. The Morgan fingerprint density at radius 2 is 2.20 bits per heavy atom. The van der Waals surface area contributed by atoms with E-state index in [-0.39, 0.29) is 0 Å². The van der Waals surface area contributed by atoms with E-state index >= 15 is 0 Å². The molecule has 88 valence electrons. The highest BCUT2D eigenvalue weighted by molar-refractivity contribution is 5.73. The first-order valence-corrected chi connectivity index (χ1v) is 4.50. The number of aliphatic hydroxyl groups excluding tert-OH is 3. The lowest BCUT2D eigenvalue weighted by atomic mass is 9.95. The van der Waals surface area contributed by atoms with Gasteiger partial charge < -0.3 is 30.5 Å². The Hall–Kier alpha value is -0.730. The molecule has 0 radical (unpaired) electrons. The Morgan fingerprint density at radius 1 is 1.60 bits per heavy atom. The van der Waals surface area contributed by atoms with Crippen molar-refractivity contribution in [2.75, 3.05) is 13.2 Å². The maximum absolute atomic E-state index is 10.8. The van der Waals surface area contributed by atoms with Crippen LogP contribution in [0.2, 0.25) is 0 Å². The fourth-order valence-electron chi connectivity index (χ4n) is 1.48. The monoisotopic (exact) mass is 221 g/mol. The summed E-state index contributed by atoms with van der Waals surface area (Å²) in [5.74, 6) is -0.560. The summed E-state index contributed by atoms with van der Waals surface area (Å²) < 4.78 is 4.90. The van der Waals surface area contributed by atoms with Crippen LogP contribution in [0.4, 0.5) is 0 Å². The smallest absolute Gasteiger partial charge is 0.219 e. The van der Waals surface area contributed by atoms with Crippen LogP contribution in [-0.4, -0.2) is 63.6 Å². The zero-order chi connectivity index (χ0) is 11.6. The first kappa shape index (κ1) is 12.3. The molecule has 7 heteroatoms. The number of ether oxygens (including phenoxy) is 1. The number of rotatable bonds is 2. The van der Waals surface area contributed by atoms with Gasteiger partial charge in [-0.25, -0.2) is 0 Å². The summed E-state index contributed by atoms with van der Waals surface area (Å²) in [6, 6.07) is 0. The largest absolute Gasteiger partial charge is 0.394 e. The second-order valence-corrected chi connectivity index (χ2v) is 3.57. The molecule has 0 bridgehead atoms. The van der Waals surface area contributed by atoms with E-state index in [9.17, 15) is 20.1 Å². The predicted molar refractivity (Wildman–Crippen MR) is 47.6 cm³/mol. The van der Waals surface area contributed by atoms with Crippen LogP contribution in [0.1, 0.15) is 6.92 Å². The fourth-order valence-corrected chi connectivity index (χ4v) is 1.48. The first-order valence-electron chi connectivity index (χ1n) is 4.50. The Morgan fingerprint density at radius 3 is 2.67 bits per heavy atom. The Kier molecular flexibility index (Phi) is 3.63. The Balaban J connectivity index is 2.74. The van der Waals surface area contributed by atoms with Crippen LogP contribution < -0.4 is 5.32 Å². The number of aliphatic hydroxyl groups is 4. The molecule has 4 atom stereocenters. The number of carbonyl (C=O) groups is 1. The minimum Gasteiger partial charge on any atom is -0.394 e. The zero-order valence-electron chi connectivity index (χ0n) is 8.25. The van der Waals surface area contributed by atoms with Gasteiger partial charge in [-0.1, -0.05) is 0 Å². The molecular formula is C8H15NO6. The summed E-state index contributed by atoms with van der Waals surface area (Å²) >= 11 is 0. The van der Waals surface area contributed by atoms with Gasteiger partial charge in [-0.2, -0.15) is 0 Å².